The molecule has 4 nitrogen and oxygen atoms in total. The lowest BCUT2D eigenvalue weighted by atomic mass is 9.80. The van der Waals surface area contributed by atoms with Gasteiger partial charge in [-0.25, -0.2) is 4.68 Å². The maximum absolute atomic E-state index is 5.63. The van der Waals surface area contributed by atoms with Crippen molar-refractivity contribution < 1.29 is 0 Å². The molecule has 2 N–H and O–H groups in total. The quantitative estimate of drug-likeness (QED) is 0.845. The van der Waals surface area contributed by atoms with Gasteiger partial charge in [-0.05, 0) is 53.7 Å². The van der Waals surface area contributed by atoms with Gasteiger partial charge in [-0.15, -0.1) is 5.10 Å². The highest BCUT2D eigenvalue weighted by Crippen LogP contribution is 2.36. The molecule has 16 heavy (non-hydrogen) atoms. The summed E-state index contributed by atoms with van der Waals surface area (Å²) in [6.45, 7) is 5.14. The van der Waals surface area contributed by atoms with Gasteiger partial charge in [-0.3, -0.25) is 0 Å². The van der Waals surface area contributed by atoms with E-state index in [1.165, 1.54) is 19.3 Å². The van der Waals surface area contributed by atoms with Crippen LogP contribution in [0.4, 0.5) is 0 Å². The molecular formula is C11H19IN4. The Morgan fingerprint density at radius 3 is 2.44 bits per heavy atom. The molecule has 0 aliphatic heterocycles. The molecule has 90 valence electrons. The number of hydrogen-bond donors (Lipinski definition) is 1. The second-order valence-corrected chi connectivity index (χ2v) is 6.07. The minimum atomic E-state index is 0.482. The lowest BCUT2D eigenvalue weighted by molar-refractivity contribution is 0.205. The molecule has 1 aromatic heterocycles. The molecule has 1 saturated carbocycles. The average Bonchev–Trinajstić information content (AvgIpc) is 2.58. The number of nitrogens with two attached hydrogens (primary N) is 1. The summed E-state index contributed by atoms with van der Waals surface area (Å²) in [5.41, 5.74) is 6.55. The number of nitrogens with zero attached hydrogens (tertiary/aromatic N) is 3. The SMILES string of the molecule is CC1CC(C)CC(n2nnc(CN)c2I)C1. The molecule has 0 spiro atoms. The van der Waals surface area contributed by atoms with Crippen LogP contribution in [-0.4, -0.2) is 15.0 Å². The molecule has 0 saturated heterocycles. The van der Waals surface area contributed by atoms with Crippen LogP contribution in [0.3, 0.4) is 0 Å². The maximum atomic E-state index is 5.63. The second-order valence-electron chi connectivity index (χ2n) is 5.05. The Morgan fingerprint density at radius 2 is 1.94 bits per heavy atom. The van der Waals surface area contributed by atoms with Gasteiger partial charge in [0.2, 0.25) is 0 Å². The van der Waals surface area contributed by atoms with Crippen molar-refractivity contribution in [1.82, 2.24) is 15.0 Å². The van der Waals surface area contributed by atoms with Crippen molar-refractivity contribution in [2.24, 2.45) is 17.6 Å². The largest absolute Gasteiger partial charge is 0.325 e. The van der Waals surface area contributed by atoms with Gasteiger partial charge in [-0.2, -0.15) is 0 Å². The zero-order valence-corrected chi connectivity index (χ0v) is 12.0. The summed E-state index contributed by atoms with van der Waals surface area (Å²) >= 11 is 2.31. The van der Waals surface area contributed by atoms with Gasteiger partial charge in [-0.1, -0.05) is 19.1 Å². The van der Waals surface area contributed by atoms with Crippen LogP contribution in [0.5, 0.6) is 0 Å². The first-order chi connectivity index (χ1) is 7.61. The van der Waals surface area contributed by atoms with Crippen molar-refractivity contribution in [2.45, 2.75) is 45.7 Å². The molecule has 1 aromatic rings. The zero-order valence-electron chi connectivity index (χ0n) is 9.86. The van der Waals surface area contributed by atoms with Gasteiger partial charge >= 0.3 is 0 Å². The fourth-order valence-electron chi connectivity index (χ4n) is 2.78. The predicted molar refractivity (Wildman–Crippen MR) is 71.8 cm³/mol. The van der Waals surface area contributed by atoms with Crippen LogP contribution >= 0.6 is 22.6 Å². The third-order valence-corrected chi connectivity index (χ3v) is 4.51. The van der Waals surface area contributed by atoms with Crippen LogP contribution < -0.4 is 5.73 Å². The second kappa shape index (κ2) is 5.00. The van der Waals surface area contributed by atoms with Crippen molar-refractivity contribution in [1.29, 1.82) is 0 Å². The van der Waals surface area contributed by atoms with E-state index in [0.29, 0.717) is 12.6 Å². The van der Waals surface area contributed by atoms with Crippen LogP contribution in [-0.2, 0) is 6.54 Å². The number of aromatic nitrogens is 3. The van der Waals surface area contributed by atoms with Gasteiger partial charge in [0.25, 0.3) is 0 Å². The molecule has 1 fully saturated rings. The van der Waals surface area contributed by atoms with Crippen LogP contribution in [0.1, 0.15) is 44.8 Å². The van der Waals surface area contributed by atoms with E-state index in [1.807, 2.05) is 0 Å². The Kier molecular flexibility index (Phi) is 3.84. The first-order valence-corrected chi connectivity index (χ1v) is 6.99. The lowest BCUT2D eigenvalue weighted by Crippen LogP contribution is -2.24. The molecule has 2 atom stereocenters. The Bertz CT molecular complexity index is 353. The number of halogens is 1. The van der Waals surface area contributed by atoms with E-state index >= 15 is 0 Å². The summed E-state index contributed by atoms with van der Waals surface area (Å²) < 4.78 is 3.20. The van der Waals surface area contributed by atoms with Crippen LogP contribution in [0.2, 0.25) is 0 Å². The topological polar surface area (TPSA) is 56.7 Å². The molecule has 0 radical (unpaired) electrons. The van der Waals surface area contributed by atoms with Gasteiger partial charge < -0.3 is 5.73 Å². The molecule has 0 aromatic carbocycles. The number of hydrogen-bond acceptors (Lipinski definition) is 3. The van der Waals surface area contributed by atoms with Gasteiger partial charge in [0.15, 0.2) is 0 Å². The fraction of sp³-hybridized carbons (Fsp3) is 0.818. The zero-order chi connectivity index (χ0) is 11.7. The predicted octanol–water partition coefficient (Wildman–Crippen LogP) is 2.34. The highest BCUT2D eigenvalue weighted by Gasteiger charge is 2.27. The Morgan fingerprint density at radius 1 is 1.31 bits per heavy atom. The molecule has 5 heteroatoms. The van der Waals surface area contributed by atoms with E-state index in [1.54, 1.807) is 0 Å². The molecule has 2 rings (SSSR count). The summed E-state index contributed by atoms with van der Waals surface area (Å²) in [5.74, 6) is 1.57. The van der Waals surface area contributed by atoms with E-state index in [4.69, 9.17) is 5.73 Å². The maximum Gasteiger partial charge on any atom is 0.124 e. The molecule has 0 amide bonds. The standard InChI is InChI=1S/C11H19IN4/c1-7-3-8(2)5-9(4-7)16-11(12)10(6-13)14-15-16/h7-9H,3-6,13H2,1-2H3. The molecule has 0 bridgehead atoms. The summed E-state index contributed by atoms with van der Waals surface area (Å²) in [4.78, 5) is 0. The van der Waals surface area contributed by atoms with Crippen LogP contribution in [0.25, 0.3) is 0 Å². The van der Waals surface area contributed by atoms with E-state index in [9.17, 15) is 0 Å². The van der Waals surface area contributed by atoms with Crippen molar-refractivity contribution in [3.05, 3.63) is 9.39 Å². The Balaban J connectivity index is 2.19. The first-order valence-electron chi connectivity index (χ1n) is 5.91. The Labute approximate surface area is 110 Å². The highest BCUT2D eigenvalue weighted by molar-refractivity contribution is 14.1. The molecular weight excluding hydrogens is 315 g/mol. The van der Waals surface area contributed by atoms with Crippen molar-refractivity contribution >= 4 is 22.6 Å². The summed E-state index contributed by atoms with van der Waals surface area (Å²) in [7, 11) is 0. The lowest BCUT2D eigenvalue weighted by Gasteiger charge is -2.31. The fourth-order valence-corrected chi connectivity index (χ4v) is 3.60. The third kappa shape index (κ3) is 2.40. The normalized spacial score (nSPS) is 30.6. The summed E-state index contributed by atoms with van der Waals surface area (Å²) in [6, 6.07) is 0.512. The average molecular weight is 334 g/mol. The summed E-state index contributed by atoms with van der Waals surface area (Å²) in [6.07, 6.45) is 3.77. The van der Waals surface area contributed by atoms with Crippen molar-refractivity contribution in [3.63, 3.8) is 0 Å². The van der Waals surface area contributed by atoms with Crippen LogP contribution in [0.15, 0.2) is 0 Å². The smallest absolute Gasteiger partial charge is 0.124 e. The summed E-state index contributed by atoms with van der Waals surface area (Å²) in [5, 5.41) is 8.40. The van der Waals surface area contributed by atoms with Gasteiger partial charge in [0.1, 0.15) is 9.39 Å². The van der Waals surface area contributed by atoms with E-state index in [0.717, 1.165) is 21.2 Å². The molecule has 1 aliphatic carbocycles. The minimum absolute atomic E-state index is 0.482. The van der Waals surface area contributed by atoms with Crippen LogP contribution in [0, 0.1) is 15.5 Å². The molecule has 2 unspecified atom stereocenters. The third-order valence-electron chi connectivity index (χ3n) is 3.39. The van der Waals surface area contributed by atoms with Crippen molar-refractivity contribution in [3.8, 4) is 0 Å². The monoisotopic (exact) mass is 334 g/mol. The minimum Gasteiger partial charge on any atom is -0.325 e. The first kappa shape index (κ1) is 12.3. The number of rotatable bonds is 2. The van der Waals surface area contributed by atoms with E-state index in [-0.39, 0.29) is 0 Å². The molecule has 1 heterocycles. The van der Waals surface area contributed by atoms with Gasteiger partial charge in [0.05, 0.1) is 6.04 Å². The van der Waals surface area contributed by atoms with Gasteiger partial charge in [0, 0.05) is 6.54 Å². The van der Waals surface area contributed by atoms with Crippen molar-refractivity contribution in [2.75, 3.05) is 0 Å². The Hall–Kier alpha value is -0.170. The molecule has 1 aliphatic rings. The highest BCUT2D eigenvalue weighted by atomic mass is 127. The van der Waals surface area contributed by atoms with E-state index in [2.05, 4.69) is 51.4 Å². The van der Waals surface area contributed by atoms with E-state index < -0.39 is 0 Å².